The van der Waals surface area contributed by atoms with Gasteiger partial charge in [-0.15, -0.1) is 0 Å². The molecule has 0 radical (unpaired) electrons. The van der Waals surface area contributed by atoms with Crippen molar-refractivity contribution in [3.63, 3.8) is 0 Å². The van der Waals surface area contributed by atoms with Crippen LogP contribution in [0.3, 0.4) is 0 Å². The lowest BCUT2D eigenvalue weighted by Gasteiger charge is -1.80. The van der Waals surface area contributed by atoms with E-state index in [2.05, 4.69) is 11.5 Å². The predicted octanol–water partition coefficient (Wildman–Crippen LogP) is 1.38. The van der Waals surface area contributed by atoms with E-state index in [0.29, 0.717) is 0 Å². The summed E-state index contributed by atoms with van der Waals surface area (Å²) in [7, 11) is 0. The number of rotatable bonds is 0. The summed E-state index contributed by atoms with van der Waals surface area (Å²) in [4.78, 5) is 9.00. The molecular formula is C9H16ClN3O2S. The number of carboxylic acid groups (broad SMARTS) is 1. The second-order valence-electron chi connectivity index (χ2n) is 2.27. The molecule has 0 heterocycles. The fraction of sp³-hybridized carbons (Fsp3) is 0.111. The Morgan fingerprint density at radius 1 is 1.31 bits per heavy atom. The van der Waals surface area contributed by atoms with Crippen molar-refractivity contribution in [3.05, 3.63) is 35.4 Å². The Labute approximate surface area is 106 Å². The van der Waals surface area contributed by atoms with Gasteiger partial charge in [-0.1, -0.05) is 29.8 Å². The highest BCUT2D eigenvalue weighted by atomic mass is 35.5. The fourth-order valence-electron chi connectivity index (χ4n) is 0.415. The third-order valence-corrected chi connectivity index (χ3v) is 0.985. The fourth-order valence-corrected chi connectivity index (χ4v) is 0.560. The number of halogens is 1. The zero-order valence-electron chi connectivity index (χ0n) is 8.77. The molecule has 6 N–H and O–H groups in total. The first kappa shape index (κ1) is 20.1. The molecule has 5 nitrogen and oxygen atoms in total. The van der Waals surface area contributed by atoms with E-state index in [4.69, 9.17) is 26.9 Å². The maximum Gasteiger partial charge on any atom is 0.300 e. The van der Waals surface area contributed by atoms with Crippen molar-refractivity contribution in [1.29, 1.82) is 5.41 Å². The molecule has 0 aliphatic heterocycles. The van der Waals surface area contributed by atoms with Gasteiger partial charge in [0, 0.05) is 11.9 Å². The second-order valence-corrected chi connectivity index (χ2v) is 2.71. The molecule has 0 saturated heterocycles. The van der Waals surface area contributed by atoms with Crippen LogP contribution in [0.2, 0.25) is 5.02 Å². The molecule has 0 unspecified atom stereocenters. The zero-order chi connectivity index (χ0) is 12.3. The Morgan fingerprint density at radius 3 is 1.69 bits per heavy atom. The predicted molar refractivity (Wildman–Crippen MR) is 71.2 cm³/mol. The Hall–Kier alpha value is -1.40. The number of carboxylic acids is 1. The van der Waals surface area contributed by atoms with E-state index in [1.807, 2.05) is 30.3 Å². The molecule has 0 atom stereocenters. The minimum absolute atomic E-state index is 0. The average Bonchev–Trinajstić information content (AvgIpc) is 2.03. The number of aliphatic carboxylic acids is 1. The van der Waals surface area contributed by atoms with Gasteiger partial charge in [-0.3, -0.25) is 10.2 Å². The Kier molecular flexibility index (Phi) is 17.1. The zero-order valence-corrected chi connectivity index (χ0v) is 10.5. The molecule has 1 aromatic carbocycles. The summed E-state index contributed by atoms with van der Waals surface area (Å²) in [5.41, 5.74) is 8.94. The van der Waals surface area contributed by atoms with Gasteiger partial charge in [-0.2, -0.15) is 13.5 Å². The van der Waals surface area contributed by atoms with E-state index >= 15 is 0 Å². The van der Waals surface area contributed by atoms with Crippen molar-refractivity contribution >= 4 is 37.0 Å². The van der Waals surface area contributed by atoms with Gasteiger partial charge in [0.15, 0.2) is 5.96 Å². The highest BCUT2D eigenvalue weighted by Crippen LogP contribution is 2.03. The first-order chi connectivity index (χ1) is 6.86. The molecule has 92 valence electrons. The average molecular weight is 266 g/mol. The molecule has 0 fully saturated rings. The third kappa shape index (κ3) is 38.9. The quantitative estimate of drug-likeness (QED) is 0.419. The maximum absolute atomic E-state index is 9.00. The van der Waals surface area contributed by atoms with Crippen LogP contribution in [-0.4, -0.2) is 17.0 Å². The van der Waals surface area contributed by atoms with E-state index in [-0.39, 0.29) is 19.5 Å². The molecule has 0 aromatic heterocycles. The molecule has 0 saturated carbocycles. The number of hydrogen-bond acceptors (Lipinski definition) is 2. The van der Waals surface area contributed by atoms with Crippen LogP contribution in [0.1, 0.15) is 6.92 Å². The molecule has 0 spiro atoms. The van der Waals surface area contributed by atoms with Crippen molar-refractivity contribution in [2.75, 3.05) is 0 Å². The molecule has 0 aliphatic carbocycles. The monoisotopic (exact) mass is 265 g/mol. The van der Waals surface area contributed by atoms with Crippen LogP contribution < -0.4 is 11.5 Å². The standard InChI is InChI=1S/C6H5Cl.C2H4O2.CH5N3.H2S/c7-6-4-2-1-3-5-6;1-2(3)4;2-1(3)4;/h1-5H;1H3,(H,3,4);(H5,2,3,4);1H2. The van der Waals surface area contributed by atoms with Gasteiger partial charge in [-0.05, 0) is 12.1 Å². The minimum atomic E-state index is -0.833. The van der Waals surface area contributed by atoms with Crippen LogP contribution in [0.25, 0.3) is 0 Å². The summed E-state index contributed by atoms with van der Waals surface area (Å²) in [5, 5.41) is 14.3. The number of benzene rings is 1. The van der Waals surface area contributed by atoms with Gasteiger partial charge in [0.25, 0.3) is 5.97 Å². The van der Waals surface area contributed by atoms with E-state index in [1.165, 1.54) is 0 Å². The SMILES string of the molecule is CC(=O)O.Clc1ccccc1.N=C(N)N.S. The molecular weight excluding hydrogens is 250 g/mol. The Morgan fingerprint density at radius 2 is 1.56 bits per heavy atom. The van der Waals surface area contributed by atoms with E-state index in [9.17, 15) is 0 Å². The summed E-state index contributed by atoms with van der Waals surface area (Å²) >= 11 is 5.54. The van der Waals surface area contributed by atoms with Crippen LogP contribution in [-0.2, 0) is 4.79 Å². The number of nitrogens with two attached hydrogens (primary N) is 2. The van der Waals surface area contributed by atoms with Crippen LogP contribution in [0.15, 0.2) is 30.3 Å². The number of carbonyl (C=O) groups is 1. The van der Waals surface area contributed by atoms with E-state index < -0.39 is 5.97 Å². The summed E-state index contributed by atoms with van der Waals surface area (Å²) in [6.07, 6.45) is 0. The molecule has 0 amide bonds. The molecule has 7 heteroatoms. The lowest BCUT2D eigenvalue weighted by Crippen LogP contribution is -2.20. The van der Waals surface area contributed by atoms with E-state index in [0.717, 1.165) is 11.9 Å². The van der Waals surface area contributed by atoms with Gasteiger partial charge in [-0.25, -0.2) is 0 Å². The van der Waals surface area contributed by atoms with Gasteiger partial charge in [0.05, 0.1) is 0 Å². The summed E-state index contributed by atoms with van der Waals surface area (Å²) in [6.45, 7) is 1.08. The summed E-state index contributed by atoms with van der Waals surface area (Å²) in [5.74, 6) is -1.17. The Bertz CT molecular complexity index is 276. The maximum atomic E-state index is 9.00. The van der Waals surface area contributed by atoms with Gasteiger partial charge in [0.2, 0.25) is 0 Å². The first-order valence-electron chi connectivity index (χ1n) is 3.85. The smallest absolute Gasteiger partial charge is 0.300 e. The first-order valence-corrected chi connectivity index (χ1v) is 4.23. The minimum Gasteiger partial charge on any atom is -0.481 e. The molecule has 1 aromatic rings. The van der Waals surface area contributed by atoms with Crippen LogP contribution >= 0.6 is 25.1 Å². The molecule has 16 heavy (non-hydrogen) atoms. The van der Waals surface area contributed by atoms with Crippen molar-refractivity contribution in [3.8, 4) is 0 Å². The van der Waals surface area contributed by atoms with Crippen LogP contribution in [0.4, 0.5) is 0 Å². The van der Waals surface area contributed by atoms with Crippen molar-refractivity contribution in [2.24, 2.45) is 11.5 Å². The normalized spacial score (nSPS) is 6.88. The molecule has 0 bridgehead atoms. The third-order valence-electron chi connectivity index (χ3n) is 0.733. The largest absolute Gasteiger partial charge is 0.481 e. The van der Waals surface area contributed by atoms with Crippen molar-refractivity contribution < 1.29 is 9.90 Å². The van der Waals surface area contributed by atoms with Gasteiger partial charge in [0.1, 0.15) is 0 Å². The highest BCUT2D eigenvalue weighted by molar-refractivity contribution is 7.59. The Balaban J connectivity index is -0.000000166. The van der Waals surface area contributed by atoms with Gasteiger partial charge >= 0.3 is 0 Å². The molecule has 0 aliphatic rings. The van der Waals surface area contributed by atoms with Crippen LogP contribution in [0, 0.1) is 5.41 Å². The second kappa shape index (κ2) is 13.6. The highest BCUT2D eigenvalue weighted by Gasteiger charge is 1.74. The number of nitrogens with one attached hydrogen (secondary N) is 1. The lowest BCUT2D eigenvalue weighted by atomic mass is 10.4. The van der Waals surface area contributed by atoms with Crippen LogP contribution in [0.5, 0.6) is 0 Å². The van der Waals surface area contributed by atoms with Crippen molar-refractivity contribution in [1.82, 2.24) is 0 Å². The van der Waals surface area contributed by atoms with Crippen molar-refractivity contribution in [2.45, 2.75) is 6.92 Å². The summed E-state index contributed by atoms with van der Waals surface area (Å²) < 4.78 is 0. The number of guanidine groups is 1. The lowest BCUT2D eigenvalue weighted by molar-refractivity contribution is -0.134. The number of hydrogen-bond donors (Lipinski definition) is 4. The van der Waals surface area contributed by atoms with Gasteiger partial charge < -0.3 is 16.6 Å². The molecule has 1 rings (SSSR count). The topological polar surface area (TPSA) is 113 Å². The van der Waals surface area contributed by atoms with E-state index in [1.54, 1.807) is 0 Å². The summed E-state index contributed by atoms with van der Waals surface area (Å²) in [6, 6.07) is 9.44.